The fourth-order valence-electron chi connectivity index (χ4n) is 1.63. The molecule has 4 heteroatoms. The number of hydrogen-bond acceptors (Lipinski definition) is 4. The van der Waals surface area contributed by atoms with Crippen molar-refractivity contribution >= 4 is 0 Å². The van der Waals surface area contributed by atoms with Crippen LogP contribution < -0.4 is 11.1 Å². The lowest BCUT2D eigenvalue weighted by molar-refractivity contribution is 0.106. The molecule has 72 valence electrons. The van der Waals surface area contributed by atoms with Crippen LogP contribution in [0.4, 0.5) is 0 Å². The molecule has 1 rings (SSSR count). The van der Waals surface area contributed by atoms with Gasteiger partial charge in [-0.15, -0.1) is 0 Å². The van der Waals surface area contributed by atoms with E-state index >= 15 is 0 Å². The van der Waals surface area contributed by atoms with E-state index in [0.717, 1.165) is 32.6 Å². The van der Waals surface area contributed by atoms with Crippen molar-refractivity contribution in [1.82, 2.24) is 10.2 Å². The average Bonchev–Trinajstić information content (AvgIpc) is 2.15. The Balaban J connectivity index is 2.29. The molecule has 0 amide bonds. The van der Waals surface area contributed by atoms with Gasteiger partial charge in [-0.25, -0.2) is 0 Å². The van der Waals surface area contributed by atoms with Crippen molar-refractivity contribution in [2.75, 3.05) is 39.3 Å². The third-order valence-corrected chi connectivity index (χ3v) is 2.38. The molecule has 0 aromatic rings. The standard InChI is InChI=1S/C8H19N3O/c9-2-1-8(7-12)11-5-3-10-4-6-11/h8,10,12H,1-7,9H2. The molecule has 0 spiro atoms. The van der Waals surface area contributed by atoms with Crippen LogP contribution in [0.1, 0.15) is 6.42 Å². The molecule has 4 N–H and O–H groups in total. The SMILES string of the molecule is NCCC(CO)N1CCNCC1. The predicted octanol–water partition coefficient (Wildman–Crippen LogP) is -1.40. The van der Waals surface area contributed by atoms with E-state index in [1.54, 1.807) is 0 Å². The molecule has 1 heterocycles. The molecule has 0 radical (unpaired) electrons. The minimum absolute atomic E-state index is 0.233. The highest BCUT2D eigenvalue weighted by molar-refractivity contribution is 4.76. The highest BCUT2D eigenvalue weighted by Crippen LogP contribution is 2.03. The molecular weight excluding hydrogens is 154 g/mol. The molecule has 0 aromatic heterocycles. The molecule has 1 aliphatic rings. The second-order valence-electron chi connectivity index (χ2n) is 3.20. The van der Waals surface area contributed by atoms with Crippen molar-refractivity contribution in [3.8, 4) is 0 Å². The van der Waals surface area contributed by atoms with Crippen LogP contribution in [0, 0.1) is 0 Å². The van der Waals surface area contributed by atoms with Gasteiger partial charge in [0.2, 0.25) is 0 Å². The van der Waals surface area contributed by atoms with E-state index in [0.29, 0.717) is 6.54 Å². The van der Waals surface area contributed by atoms with E-state index in [4.69, 9.17) is 10.8 Å². The number of rotatable bonds is 4. The molecule has 4 nitrogen and oxygen atoms in total. The first kappa shape index (κ1) is 9.92. The van der Waals surface area contributed by atoms with Gasteiger partial charge in [0.05, 0.1) is 6.61 Å². The van der Waals surface area contributed by atoms with Crippen molar-refractivity contribution in [3.63, 3.8) is 0 Å². The largest absolute Gasteiger partial charge is 0.395 e. The Morgan fingerprint density at radius 2 is 2.08 bits per heavy atom. The average molecular weight is 173 g/mol. The van der Waals surface area contributed by atoms with Crippen LogP contribution in [0.2, 0.25) is 0 Å². The lowest BCUT2D eigenvalue weighted by Gasteiger charge is -2.33. The number of aliphatic hydroxyl groups is 1. The number of nitrogens with zero attached hydrogens (tertiary/aromatic N) is 1. The Morgan fingerprint density at radius 1 is 1.42 bits per heavy atom. The highest BCUT2D eigenvalue weighted by Gasteiger charge is 2.18. The van der Waals surface area contributed by atoms with Crippen molar-refractivity contribution in [1.29, 1.82) is 0 Å². The number of hydrogen-bond donors (Lipinski definition) is 3. The Bertz CT molecular complexity index is 112. The fourth-order valence-corrected chi connectivity index (χ4v) is 1.63. The zero-order valence-corrected chi connectivity index (χ0v) is 7.50. The maximum atomic E-state index is 9.09. The zero-order chi connectivity index (χ0) is 8.81. The number of aliphatic hydroxyl groups excluding tert-OH is 1. The number of piperazine rings is 1. The van der Waals surface area contributed by atoms with E-state index in [9.17, 15) is 0 Å². The van der Waals surface area contributed by atoms with Crippen molar-refractivity contribution < 1.29 is 5.11 Å². The molecule has 0 saturated carbocycles. The molecular formula is C8H19N3O. The summed E-state index contributed by atoms with van der Waals surface area (Å²) in [6, 6.07) is 0.275. The number of nitrogens with two attached hydrogens (primary N) is 1. The maximum absolute atomic E-state index is 9.09. The van der Waals surface area contributed by atoms with Gasteiger partial charge in [0.15, 0.2) is 0 Å². The van der Waals surface area contributed by atoms with Gasteiger partial charge in [-0.1, -0.05) is 0 Å². The third kappa shape index (κ3) is 2.71. The third-order valence-electron chi connectivity index (χ3n) is 2.38. The summed E-state index contributed by atoms with van der Waals surface area (Å²) in [7, 11) is 0. The minimum atomic E-state index is 0.233. The summed E-state index contributed by atoms with van der Waals surface area (Å²) < 4.78 is 0. The molecule has 12 heavy (non-hydrogen) atoms. The summed E-state index contributed by atoms with van der Waals surface area (Å²) in [5.74, 6) is 0. The van der Waals surface area contributed by atoms with Crippen LogP contribution in [0.3, 0.4) is 0 Å². The molecule has 1 atom stereocenters. The first-order valence-corrected chi connectivity index (χ1v) is 4.64. The van der Waals surface area contributed by atoms with Crippen molar-refractivity contribution in [3.05, 3.63) is 0 Å². The summed E-state index contributed by atoms with van der Waals surface area (Å²) in [5, 5.41) is 12.4. The van der Waals surface area contributed by atoms with E-state index < -0.39 is 0 Å². The first-order chi connectivity index (χ1) is 5.88. The predicted molar refractivity (Wildman–Crippen MR) is 49.0 cm³/mol. The summed E-state index contributed by atoms with van der Waals surface area (Å²) in [4.78, 5) is 2.31. The van der Waals surface area contributed by atoms with Crippen LogP contribution in [0.5, 0.6) is 0 Å². The van der Waals surface area contributed by atoms with Crippen LogP contribution in [-0.2, 0) is 0 Å². The monoisotopic (exact) mass is 173 g/mol. The quantitative estimate of drug-likeness (QED) is 0.489. The number of nitrogens with one attached hydrogen (secondary N) is 1. The smallest absolute Gasteiger partial charge is 0.0587 e. The van der Waals surface area contributed by atoms with Crippen molar-refractivity contribution in [2.45, 2.75) is 12.5 Å². The molecule has 0 bridgehead atoms. The molecule has 1 fully saturated rings. The van der Waals surface area contributed by atoms with Crippen molar-refractivity contribution in [2.24, 2.45) is 5.73 Å². The van der Waals surface area contributed by atoms with Gasteiger partial charge in [0.25, 0.3) is 0 Å². The van der Waals surface area contributed by atoms with Crippen LogP contribution in [0.25, 0.3) is 0 Å². The molecule has 1 saturated heterocycles. The van der Waals surface area contributed by atoms with Gasteiger partial charge < -0.3 is 16.2 Å². The Hall–Kier alpha value is -0.160. The summed E-state index contributed by atoms with van der Waals surface area (Å²) in [6.45, 7) is 5.02. The Labute approximate surface area is 73.7 Å². The maximum Gasteiger partial charge on any atom is 0.0587 e. The van der Waals surface area contributed by atoms with E-state index in [2.05, 4.69) is 10.2 Å². The van der Waals surface area contributed by atoms with Gasteiger partial charge in [0, 0.05) is 32.2 Å². The summed E-state index contributed by atoms with van der Waals surface area (Å²) >= 11 is 0. The Kier molecular flexibility index (Phi) is 4.53. The second kappa shape index (κ2) is 5.48. The van der Waals surface area contributed by atoms with Crippen LogP contribution in [-0.4, -0.2) is 55.4 Å². The highest BCUT2D eigenvalue weighted by atomic mass is 16.3. The lowest BCUT2D eigenvalue weighted by Crippen LogP contribution is -2.50. The van der Waals surface area contributed by atoms with Gasteiger partial charge >= 0.3 is 0 Å². The second-order valence-corrected chi connectivity index (χ2v) is 3.20. The molecule has 0 aromatic carbocycles. The van der Waals surface area contributed by atoms with Gasteiger partial charge in [-0.3, -0.25) is 4.90 Å². The summed E-state index contributed by atoms with van der Waals surface area (Å²) in [6.07, 6.45) is 0.899. The lowest BCUT2D eigenvalue weighted by atomic mass is 10.1. The fraction of sp³-hybridized carbons (Fsp3) is 1.00. The van der Waals surface area contributed by atoms with Gasteiger partial charge in [0.1, 0.15) is 0 Å². The van der Waals surface area contributed by atoms with E-state index in [1.165, 1.54) is 0 Å². The molecule has 1 aliphatic heterocycles. The van der Waals surface area contributed by atoms with Gasteiger partial charge in [-0.2, -0.15) is 0 Å². The zero-order valence-electron chi connectivity index (χ0n) is 7.50. The van der Waals surface area contributed by atoms with Crippen LogP contribution in [0.15, 0.2) is 0 Å². The molecule has 0 aliphatic carbocycles. The van der Waals surface area contributed by atoms with Gasteiger partial charge in [-0.05, 0) is 13.0 Å². The van der Waals surface area contributed by atoms with E-state index in [1.807, 2.05) is 0 Å². The van der Waals surface area contributed by atoms with Crippen LogP contribution >= 0.6 is 0 Å². The summed E-state index contributed by atoms with van der Waals surface area (Å²) in [5.41, 5.74) is 5.46. The Morgan fingerprint density at radius 3 is 2.58 bits per heavy atom. The van der Waals surface area contributed by atoms with E-state index in [-0.39, 0.29) is 12.6 Å². The normalized spacial score (nSPS) is 22.5. The minimum Gasteiger partial charge on any atom is -0.395 e. The first-order valence-electron chi connectivity index (χ1n) is 4.64. The topological polar surface area (TPSA) is 61.5 Å². The molecule has 1 unspecified atom stereocenters.